The Hall–Kier alpha value is -3.02. The molecule has 0 N–H and O–H groups in total. The van der Waals surface area contributed by atoms with Crippen molar-refractivity contribution in [1.82, 2.24) is 0 Å². The van der Waals surface area contributed by atoms with Crippen molar-refractivity contribution in [2.45, 2.75) is 33.6 Å². The van der Waals surface area contributed by atoms with Crippen LogP contribution in [-0.4, -0.2) is 23.3 Å². The second-order valence-corrected chi connectivity index (χ2v) is 5.96. The molecule has 0 heterocycles. The molecule has 0 aromatic heterocycles. The SMILES string of the molecule is CCc1ccc(CC)c(C(=O)COC(=O)c2ccc([N+](=O)[O-])c(C)c2)c1. The summed E-state index contributed by atoms with van der Waals surface area (Å²) in [6.07, 6.45) is 1.52. The van der Waals surface area contributed by atoms with Crippen LogP contribution >= 0.6 is 0 Å². The van der Waals surface area contributed by atoms with Gasteiger partial charge < -0.3 is 4.74 Å². The number of ether oxygens (including phenoxy) is 1. The molecule has 6 nitrogen and oxygen atoms in total. The van der Waals surface area contributed by atoms with Crippen LogP contribution < -0.4 is 0 Å². The van der Waals surface area contributed by atoms with Crippen LogP contribution in [0.2, 0.25) is 0 Å². The molecule has 0 fully saturated rings. The summed E-state index contributed by atoms with van der Waals surface area (Å²) in [5, 5.41) is 10.8. The highest BCUT2D eigenvalue weighted by molar-refractivity contribution is 6.00. The van der Waals surface area contributed by atoms with Gasteiger partial charge in [-0.3, -0.25) is 14.9 Å². The fourth-order valence-electron chi connectivity index (χ4n) is 2.69. The van der Waals surface area contributed by atoms with Crippen LogP contribution in [0, 0.1) is 17.0 Å². The van der Waals surface area contributed by atoms with E-state index in [1.54, 1.807) is 6.92 Å². The van der Waals surface area contributed by atoms with Crippen molar-refractivity contribution >= 4 is 17.4 Å². The van der Waals surface area contributed by atoms with E-state index in [0.29, 0.717) is 17.5 Å². The topological polar surface area (TPSA) is 86.5 Å². The summed E-state index contributed by atoms with van der Waals surface area (Å²) >= 11 is 0. The molecule has 0 spiro atoms. The third-order valence-corrected chi connectivity index (χ3v) is 4.23. The normalized spacial score (nSPS) is 10.4. The number of nitro groups is 1. The van der Waals surface area contributed by atoms with Crippen molar-refractivity contribution in [3.63, 3.8) is 0 Å². The molecule has 0 unspecified atom stereocenters. The molecule has 0 atom stereocenters. The number of esters is 1. The van der Waals surface area contributed by atoms with Gasteiger partial charge in [0.1, 0.15) is 0 Å². The van der Waals surface area contributed by atoms with Gasteiger partial charge in [-0.1, -0.05) is 26.0 Å². The second kappa shape index (κ2) is 8.38. The van der Waals surface area contributed by atoms with Gasteiger partial charge in [-0.05, 0) is 49.1 Å². The number of Topliss-reactive ketones (excluding diaryl/α,β-unsaturated/α-hetero) is 1. The van der Waals surface area contributed by atoms with E-state index in [1.807, 2.05) is 32.0 Å². The van der Waals surface area contributed by atoms with E-state index in [2.05, 4.69) is 0 Å². The summed E-state index contributed by atoms with van der Waals surface area (Å²) in [5.41, 5.74) is 3.00. The van der Waals surface area contributed by atoms with E-state index in [0.717, 1.165) is 17.5 Å². The molecule has 0 aliphatic heterocycles. The van der Waals surface area contributed by atoms with Gasteiger partial charge >= 0.3 is 5.97 Å². The summed E-state index contributed by atoms with van der Waals surface area (Å²) in [5.74, 6) is -0.940. The van der Waals surface area contributed by atoms with E-state index < -0.39 is 10.9 Å². The molecule has 2 aromatic carbocycles. The molecular weight excluding hydrogens is 334 g/mol. The molecular formula is C20H21NO5. The maximum Gasteiger partial charge on any atom is 0.338 e. The Morgan fingerprint density at radius 2 is 1.81 bits per heavy atom. The molecule has 0 aliphatic rings. The number of nitrogens with zero attached hydrogens (tertiary/aromatic N) is 1. The first-order chi connectivity index (χ1) is 12.4. The zero-order chi connectivity index (χ0) is 19.3. The van der Waals surface area contributed by atoms with Crippen LogP contribution in [0.15, 0.2) is 36.4 Å². The number of benzene rings is 2. The largest absolute Gasteiger partial charge is 0.454 e. The molecule has 0 amide bonds. The zero-order valence-corrected chi connectivity index (χ0v) is 15.1. The van der Waals surface area contributed by atoms with Gasteiger partial charge in [-0.25, -0.2) is 4.79 Å². The fourth-order valence-corrected chi connectivity index (χ4v) is 2.69. The van der Waals surface area contributed by atoms with Crippen molar-refractivity contribution in [3.05, 3.63) is 74.3 Å². The third-order valence-electron chi connectivity index (χ3n) is 4.23. The monoisotopic (exact) mass is 355 g/mol. The minimum atomic E-state index is -0.680. The minimum Gasteiger partial charge on any atom is -0.454 e. The number of carbonyl (C=O) groups is 2. The van der Waals surface area contributed by atoms with E-state index in [-0.39, 0.29) is 23.6 Å². The number of hydrogen-bond donors (Lipinski definition) is 0. The van der Waals surface area contributed by atoms with Crippen molar-refractivity contribution in [3.8, 4) is 0 Å². The van der Waals surface area contributed by atoms with Gasteiger partial charge in [0, 0.05) is 17.2 Å². The zero-order valence-electron chi connectivity index (χ0n) is 15.1. The lowest BCUT2D eigenvalue weighted by Crippen LogP contribution is -2.16. The molecule has 0 aliphatic carbocycles. The Labute approximate surface area is 151 Å². The van der Waals surface area contributed by atoms with Gasteiger partial charge in [0.05, 0.1) is 10.5 Å². The first-order valence-electron chi connectivity index (χ1n) is 8.44. The maximum atomic E-state index is 12.5. The van der Waals surface area contributed by atoms with Gasteiger partial charge in [0.25, 0.3) is 5.69 Å². The average Bonchev–Trinajstić information content (AvgIpc) is 2.64. The van der Waals surface area contributed by atoms with E-state index in [1.165, 1.54) is 18.2 Å². The fraction of sp³-hybridized carbons (Fsp3) is 0.300. The smallest absolute Gasteiger partial charge is 0.338 e. The molecule has 2 aromatic rings. The Morgan fingerprint density at radius 1 is 1.08 bits per heavy atom. The quantitative estimate of drug-likeness (QED) is 0.323. The number of aryl methyl sites for hydroxylation is 3. The number of carbonyl (C=O) groups excluding carboxylic acids is 2. The predicted octanol–water partition coefficient (Wildman–Crippen LogP) is 4.07. The van der Waals surface area contributed by atoms with E-state index >= 15 is 0 Å². The highest BCUT2D eigenvalue weighted by Gasteiger charge is 2.17. The first kappa shape index (κ1) is 19.3. The average molecular weight is 355 g/mol. The van der Waals surface area contributed by atoms with Crippen molar-refractivity contribution in [2.75, 3.05) is 6.61 Å². The molecule has 0 bridgehead atoms. The van der Waals surface area contributed by atoms with Crippen LogP contribution in [0.4, 0.5) is 5.69 Å². The van der Waals surface area contributed by atoms with Crippen molar-refractivity contribution in [1.29, 1.82) is 0 Å². The molecule has 136 valence electrons. The lowest BCUT2D eigenvalue weighted by molar-refractivity contribution is -0.385. The molecule has 2 rings (SSSR count). The lowest BCUT2D eigenvalue weighted by atomic mass is 9.98. The Kier molecular flexibility index (Phi) is 6.22. The summed E-state index contributed by atoms with van der Waals surface area (Å²) in [6.45, 7) is 5.15. The summed E-state index contributed by atoms with van der Waals surface area (Å²) in [7, 11) is 0. The summed E-state index contributed by atoms with van der Waals surface area (Å²) in [6, 6.07) is 9.72. The molecule has 6 heteroatoms. The number of nitro benzene ring substituents is 1. The molecule has 0 saturated carbocycles. The van der Waals surface area contributed by atoms with Crippen LogP contribution in [0.25, 0.3) is 0 Å². The van der Waals surface area contributed by atoms with E-state index in [9.17, 15) is 19.7 Å². The molecule has 0 saturated heterocycles. The van der Waals surface area contributed by atoms with Gasteiger partial charge in [-0.15, -0.1) is 0 Å². The minimum absolute atomic E-state index is 0.0680. The van der Waals surface area contributed by atoms with E-state index in [4.69, 9.17) is 4.74 Å². The Bertz CT molecular complexity index is 857. The van der Waals surface area contributed by atoms with Crippen LogP contribution in [0.1, 0.15) is 51.3 Å². The number of rotatable bonds is 7. The molecule has 26 heavy (non-hydrogen) atoms. The van der Waals surface area contributed by atoms with Gasteiger partial charge in [-0.2, -0.15) is 0 Å². The highest BCUT2D eigenvalue weighted by Crippen LogP contribution is 2.20. The van der Waals surface area contributed by atoms with Crippen molar-refractivity contribution < 1.29 is 19.2 Å². The van der Waals surface area contributed by atoms with Crippen LogP contribution in [0.3, 0.4) is 0 Å². The van der Waals surface area contributed by atoms with Crippen molar-refractivity contribution in [2.24, 2.45) is 0 Å². The van der Waals surface area contributed by atoms with Crippen LogP contribution in [0.5, 0.6) is 0 Å². The van der Waals surface area contributed by atoms with Gasteiger partial charge in [0.15, 0.2) is 6.61 Å². The summed E-state index contributed by atoms with van der Waals surface area (Å²) in [4.78, 5) is 34.9. The summed E-state index contributed by atoms with van der Waals surface area (Å²) < 4.78 is 5.11. The number of hydrogen-bond acceptors (Lipinski definition) is 5. The lowest BCUT2D eigenvalue weighted by Gasteiger charge is -2.10. The molecule has 0 radical (unpaired) electrons. The van der Waals surface area contributed by atoms with Gasteiger partial charge in [0.2, 0.25) is 5.78 Å². The third kappa shape index (κ3) is 4.33. The number of ketones is 1. The standard InChI is InChI=1S/C20H21NO5/c1-4-14-6-7-15(5-2)17(11-14)19(22)12-26-20(23)16-8-9-18(21(24)25)13(3)10-16/h6-11H,4-5,12H2,1-3H3. The first-order valence-corrected chi connectivity index (χ1v) is 8.44. The highest BCUT2D eigenvalue weighted by atomic mass is 16.6. The predicted molar refractivity (Wildman–Crippen MR) is 97.6 cm³/mol. The maximum absolute atomic E-state index is 12.5. The second-order valence-electron chi connectivity index (χ2n) is 5.96. The Balaban J connectivity index is 2.11. The van der Waals surface area contributed by atoms with Crippen LogP contribution in [-0.2, 0) is 17.6 Å². The Morgan fingerprint density at radius 3 is 2.38 bits per heavy atom.